The summed E-state index contributed by atoms with van der Waals surface area (Å²) in [7, 11) is 0. The van der Waals surface area contributed by atoms with Gasteiger partial charge in [0.15, 0.2) is 0 Å². The van der Waals surface area contributed by atoms with Crippen LogP contribution in [0.4, 0.5) is 4.79 Å². The Balaban J connectivity index is 1.28. The van der Waals surface area contributed by atoms with E-state index in [0.29, 0.717) is 18.4 Å². The van der Waals surface area contributed by atoms with Crippen LogP contribution in [0.15, 0.2) is 60.2 Å². The van der Waals surface area contributed by atoms with Gasteiger partial charge in [-0.15, -0.1) is 0 Å². The molecule has 2 atom stereocenters. The summed E-state index contributed by atoms with van der Waals surface area (Å²) in [6, 6.07) is 15.9. The lowest BCUT2D eigenvalue weighted by Gasteiger charge is -2.27. The van der Waals surface area contributed by atoms with E-state index in [9.17, 15) is 19.5 Å². The molecule has 2 aliphatic carbocycles. The van der Waals surface area contributed by atoms with Crippen LogP contribution in [-0.4, -0.2) is 42.3 Å². The van der Waals surface area contributed by atoms with Crippen LogP contribution in [0.5, 0.6) is 0 Å². The number of carboxylic acids is 1. The summed E-state index contributed by atoms with van der Waals surface area (Å²) in [4.78, 5) is 36.4. The highest BCUT2D eigenvalue weighted by atomic mass is 16.5. The fourth-order valence-corrected chi connectivity index (χ4v) is 4.96. The number of carboxylic acid groups (broad SMARTS) is 1. The first kappa shape index (κ1) is 23.5. The number of ether oxygens (including phenoxy) is 1. The van der Waals surface area contributed by atoms with Crippen molar-refractivity contribution in [2.24, 2.45) is 5.41 Å². The van der Waals surface area contributed by atoms with Crippen molar-refractivity contribution in [3.05, 3.63) is 71.3 Å². The minimum absolute atomic E-state index is 0.0174. The Hall–Kier alpha value is -3.61. The molecule has 4 rings (SSSR count). The number of benzene rings is 2. The van der Waals surface area contributed by atoms with Gasteiger partial charge in [-0.1, -0.05) is 61.0 Å². The first-order valence-electron chi connectivity index (χ1n) is 11.6. The van der Waals surface area contributed by atoms with Crippen LogP contribution in [-0.2, 0) is 14.3 Å². The van der Waals surface area contributed by atoms with Gasteiger partial charge in [0.1, 0.15) is 6.61 Å². The monoisotopic (exact) mass is 462 g/mol. The Bertz CT molecular complexity index is 1100. The van der Waals surface area contributed by atoms with Gasteiger partial charge in [0.05, 0.1) is 5.41 Å². The second-order valence-corrected chi connectivity index (χ2v) is 9.23. The fourth-order valence-electron chi connectivity index (χ4n) is 4.96. The molecule has 7 nitrogen and oxygen atoms in total. The summed E-state index contributed by atoms with van der Waals surface area (Å²) in [5, 5.41) is 15.0. The van der Waals surface area contributed by atoms with Gasteiger partial charge in [-0.05, 0) is 48.9 Å². The van der Waals surface area contributed by atoms with E-state index >= 15 is 0 Å². The molecule has 0 aliphatic heterocycles. The van der Waals surface area contributed by atoms with Crippen LogP contribution < -0.4 is 10.6 Å². The van der Waals surface area contributed by atoms with Crippen molar-refractivity contribution < 1.29 is 24.2 Å². The summed E-state index contributed by atoms with van der Waals surface area (Å²) in [5.74, 6) is -1.24. The maximum Gasteiger partial charge on any atom is 0.407 e. The van der Waals surface area contributed by atoms with E-state index < -0.39 is 23.5 Å². The molecule has 3 N–H and O–H groups in total. The number of rotatable bonds is 7. The second kappa shape index (κ2) is 9.71. The van der Waals surface area contributed by atoms with E-state index in [2.05, 4.69) is 34.9 Å². The zero-order valence-corrected chi connectivity index (χ0v) is 19.5. The van der Waals surface area contributed by atoms with Crippen molar-refractivity contribution in [1.29, 1.82) is 0 Å². The van der Waals surface area contributed by atoms with Crippen molar-refractivity contribution in [3.63, 3.8) is 0 Å². The Morgan fingerprint density at radius 1 is 1.09 bits per heavy atom. The number of amides is 2. The van der Waals surface area contributed by atoms with Gasteiger partial charge < -0.3 is 20.5 Å². The number of hydrogen-bond donors (Lipinski definition) is 3. The summed E-state index contributed by atoms with van der Waals surface area (Å²) in [6.07, 6.45) is 2.99. The Morgan fingerprint density at radius 3 is 2.32 bits per heavy atom. The number of carbonyl (C=O) groups is 3. The Kier molecular flexibility index (Phi) is 6.72. The molecular formula is C27H30N2O5. The van der Waals surface area contributed by atoms with E-state index in [0.717, 1.165) is 28.7 Å². The van der Waals surface area contributed by atoms with Crippen molar-refractivity contribution >= 4 is 18.0 Å². The van der Waals surface area contributed by atoms with Gasteiger partial charge in [0.25, 0.3) is 0 Å². The summed E-state index contributed by atoms with van der Waals surface area (Å²) >= 11 is 0. The van der Waals surface area contributed by atoms with E-state index in [-0.39, 0.29) is 25.0 Å². The number of alkyl carbamates (subject to hydrolysis) is 1. The molecule has 2 amide bonds. The molecule has 0 heterocycles. The molecule has 34 heavy (non-hydrogen) atoms. The van der Waals surface area contributed by atoms with Gasteiger partial charge in [-0.3, -0.25) is 9.59 Å². The molecule has 2 aliphatic rings. The third kappa shape index (κ3) is 4.55. The summed E-state index contributed by atoms with van der Waals surface area (Å²) < 4.78 is 5.50. The Morgan fingerprint density at radius 2 is 1.71 bits per heavy atom. The number of aliphatic carboxylic acids is 1. The van der Waals surface area contributed by atoms with Crippen LogP contribution in [0.2, 0.25) is 0 Å². The van der Waals surface area contributed by atoms with Crippen molar-refractivity contribution in [1.82, 2.24) is 10.6 Å². The minimum atomic E-state index is -0.949. The molecule has 2 aromatic rings. The zero-order valence-electron chi connectivity index (χ0n) is 19.5. The first-order chi connectivity index (χ1) is 16.3. The molecule has 1 fully saturated rings. The van der Waals surface area contributed by atoms with Gasteiger partial charge in [-0.25, -0.2) is 4.79 Å². The molecule has 7 heteroatoms. The maximum absolute atomic E-state index is 12.5. The average Bonchev–Trinajstić information content (AvgIpc) is 3.36. The highest BCUT2D eigenvalue weighted by molar-refractivity contribution is 5.93. The largest absolute Gasteiger partial charge is 0.481 e. The summed E-state index contributed by atoms with van der Waals surface area (Å²) in [5.41, 5.74) is 4.08. The van der Waals surface area contributed by atoms with E-state index in [1.807, 2.05) is 24.3 Å². The predicted molar refractivity (Wildman–Crippen MR) is 128 cm³/mol. The predicted octanol–water partition coefficient (Wildman–Crippen LogP) is 4.23. The lowest BCUT2D eigenvalue weighted by Crippen LogP contribution is -2.47. The molecule has 0 bridgehead atoms. The van der Waals surface area contributed by atoms with Crippen LogP contribution in [0.1, 0.15) is 50.2 Å². The van der Waals surface area contributed by atoms with E-state index in [4.69, 9.17) is 4.74 Å². The molecular weight excluding hydrogens is 432 g/mol. The number of nitrogens with one attached hydrogen (secondary N) is 2. The van der Waals surface area contributed by atoms with Crippen LogP contribution in [0.25, 0.3) is 11.1 Å². The highest BCUT2D eigenvalue weighted by Crippen LogP contribution is 2.44. The quantitative estimate of drug-likeness (QED) is 0.534. The van der Waals surface area contributed by atoms with Crippen LogP contribution >= 0.6 is 0 Å². The van der Waals surface area contributed by atoms with Crippen molar-refractivity contribution in [2.45, 2.75) is 45.1 Å². The third-order valence-corrected chi connectivity index (χ3v) is 7.11. The minimum Gasteiger partial charge on any atom is -0.481 e. The molecule has 0 saturated heterocycles. The molecule has 2 aromatic carbocycles. The normalized spacial score (nSPS) is 21.5. The average molecular weight is 463 g/mol. The van der Waals surface area contributed by atoms with E-state index in [1.54, 1.807) is 19.9 Å². The molecule has 178 valence electrons. The lowest BCUT2D eigenvalue weighted by atomic mass is 9.85. The van der Waals surface area contributed by atoms with Crippen molar-refractivity contribution in [2.75, 3.05) is 13.2 Å². The van der Waals surface area contributed by atoms with Gasteiger partial charge in [0.2, 0.25) is 5.91 Å². The van der Waals surface area contributed by atoms with Gasteiger partial charge >= 0.3 is 12.1 Å². The first-order valence-corrected chi connectivity index (χ1v) is 11.6. The molecule has 1 saturated carbocycles. The zero-order chi connectivity index (χ0) is 24.3. The van der Waals surface area contributed by atoms with Crippen molar-refractivity contribution in [3.8, 4) is 11.1 Å². The summed E-state index contributed by atoms with van der Waals surface area (Å²) in [6.45, 7) is 3.67. The van der Waals surface area contributed by atoms with Crippen LogP contribution in [0.3, 0.4) is 0 Å². The number of fused-ring (bicyclic) bond motifs is 3. The molecule has 0 aromatic heterocycles. The Labute approximate surface area is 199 Å². The molecule has 2 unspecified atom stereocenters. The maximum atomic E-state index is 12.5. The third-order valence-electron chi connectivity index (χ3n) is 7.11. The fraction of sp³-hybridized carbons (Fsp3) is 0.370. The van der Waals surface area contributed by atoms with Crippen LogP contribution in [0, 0.1) is 5.41 Å². The number of hydrogen-bond acceptors (Lipinski definition) is 4. The van der Waals surface area contributed by atoms with E-state index in [1.165, 1.54) is 0 Å². The smallest absolute Gasteiger partial charge is 0.407 e. The SMILES string of the molecule is C/C(=C\CNC(=O)OCC1c2ccccc2-c2ccccc21)C(=O)NC1CCCC1(C)C(=O)O. The molecule has 0 radical (unpaired) electrons. The topological polar surface area (TPSA) is 105 Å². The number of carbonyl (C=O) groups excluding carboxylic acids is 2. The highest BCUT2D eigenvalue weighted by Gasteiger charge is 2.45. The molecule has 0 spiro atoms. The second-order valence-electron chi connectivity index (χ2n) is 9.23. The standard InChI is InChI=1S/C27H30N2O5/c1-17(24(30)29-23-12-7-14-27(23,2)25(31)32)13-15-28-26(33)34-16-22-20-10-5-3-8-18(20)19-9-4-6-11-21(19)22/h3-6,8-11,13,22-23H,7,12,14-16H2,1-2H3,(H,28,33)(H,29,30)(H,31,32)/b17-13+. The van der Waals surface area contributed by atoms with Gasteiger partial charge in [-0.2, -0.15) is 0 Å². The lowest BCUT2D eigenvalue weighted by molar-refractivity contribution is -0.149. The van der Waals surface area contributed by atoms with Gasteiger partial charge in [0, 0.05) is 24.1 Å².